The van der Waals surface area contributed by atoms with Gasteiger partial charge in [0, 0.05) is 18.1 Å². The lowest BCUT2D eigenvalue weighted by Crippen LogP contribution is -2.51. The van der Waals surface area contributed by atoms with Crippen molar-refractivity contribution in [3.63, 3.8) is 0 Å². The van der Waals surface area contributed by atoms with Crippen molar-refractivity contribution in [3.8, 4) is 0 Å². The van der Waals surface area contributed by atoms with E-state index in [4.69, 9.17) is 11.6 Å². The SMILES string of the molecule is CCCNC(=O)[C@@H](C)N(Cc1ccccc1Cl)C(=O)CN(c1cccc(C(F)(F)F)c1)S(C)(=O)=O. The van der Waals surface area contributed by atoms with Crippen LogP contribution in [0.2, 0.25) is 5.02 Å². The standard InChI is InChI=1S/C23H27ClF3N3O4S/c1-4-12-28-22(32)16(2)29(14-17-8-5-6-11-20(17)24)21(31)15-30(35(3,33)34)19-10-7-9-18(13-19)23(25,26)27/h5-11,13,16H,4,12,14-15H2,1-3H3,(H,28,32)/t16-/m1/s1. The van der Waals surface area contributed by atoms with E-state index < -0.39 is 46.2 Å². The van der Waals surface area contributed by atoms with Crippen molar-refractivity contribution in [2.24, 2.45) is 0 Å². The third kappa shape index (κ3) is 7.86. The first kappa shape index (κ1) is 28.4. The van der Waals surface area contributed by atoms with Gasteiger partial charge in [-0.1, -0.05) is 42.8 Å². The summed E-state index contributed by atoms with van der Waals surface area (Å²) in [6.45, 7) is 2.79. The maximum absolute atomic E-state index is 13.4. The van der Waals surface area contributed by atoms with Crippen LogP contribution in [-0.2, 0) is 32.3 Å². The van der Waals surface area contributed by atoms with E-state index in [0.717, 1.165) is 23.3 Å². The van der Waals surface area contributed by atoms with E-state index in [1.165, 1.54) is 13.0 Å². The van der Waals surface area contributed by atoms with Gasteiger partial charge in [-0.25, -0.2) is 8.42 Å². The largest absolute Gasteiger partial charge is 0.416 e. The molecule has 0 heterocycles. The van der Waals surface area contributed by atoms with Gasteiger partial charge in [0.05, 0.1) is 17.5 Å². The van der Waals surface area contributed by atoms with Gasteiger partial charge in [-0.05, 0) is 43.2 Å². The van der Waals surface area contributed by atoms with E-state index in [0.29, 0.717) is 33.9 Å². The Morgan fingerprint density at radius 3 is 2.34 bits per heavy atom. The summed E-state index contributed by atoms with van der Waals surface area (Å²) in [5.41, 5.74) is -0.865. The Balaban J connectivity index is 2.44. The fraction of sp³-hybridized carbons (Fsp3) is 0.391. The van der Waals surface area contributed by atoms with Crippen molar-refractivity contribution in [2.75, 3.05) is 23.7 Å². The van der Waals surface area contributed by atoms with Gasteiger partial charge in [-0.15, -0.1) is 0 Å². The molecule has 0 unspecified atom stereocenters. The molecule has 0 aliphatic rings. The van der Waals surface area contributed by atoms with E-state index in [2.05, 4.69) is 5.32 Å². The van der Waals surface area contributed by atoms with Crippen molar-refractivity contribution in [2.45, 2.75) is 39.0 Å². The summed E-state index contributed by atoms with van der Waals surface area (Å²) in [5, 5.41) is 3.02. The summed E-state index contributed by atoms with van der Waals surface area (Å²) >= 11 is 6.22. The van der Waals surface area contributed by atoms with Gasteiger partial charge in [-0.2, -0.15) is 13.2 Å². The van der Waals surface area contributed by atoms with Crippen LogP contribution in [0.3, 0.4) is 0 Å². The molecule has 0 aliphatic carbocycles. The van der Waals surface area contributed by atoms with E-state index >= 15 is 0 Å². The van der Waals surface area contributed by atoms with E-state index in [9.17, 15) is 31.2 Å². The maximum atomic E-state index is 13.4. The number of carbonyl (C=O) groups is 2. The number of nitrogens with one attached hydrogen (secondary N) is 1. The Bertz CT molecular complexity index is 1160. The summed E-state index contributed by atoms with van der Waals surface area (Å²) in [5.74, 6) is -1.25. The van der Waals surface area contributed by atoms with E-state index in [1.54, 1.807) is 24.3 Å². The third-order valence-corrected chi connectivity index (χ3v) is 6.67. The molecular formula is C23H27ClF3N3O4S. The maximum Gasteiger partial charge on any atom is 0.416 e. The fourth-order valence-electron chi connectivity index (χ4n) is 3.24. The molecule has 7 nitrogen and oxygen atoms in total. The van der Waals surface area contributed by atoms with Crippen molar-refractivity contribution in [1.82, 2.24) is 10.2 Å². The number of amides is 2. The molecule has 2 aromatic carbocycles. The highest BCUT2D eigenvalue weighted by Gasteiger charge is 2.33. The molecule has 0 aromatic heterocycles. The Hall–Kier alpha value is -2.79. The number of anilines is 1. The molecule has 1 atom stereocenters. The molecule has 0 fully saturated rings. The molecule has 2 amide bonds. The molecule has 0 bridgehead atoms. The minimum absolute atomic E-state index is 0.112. The third-order valence-electron chi connectivity index (χ3n) is 5.16. The first-order valence-corrected chi connectivity index (χ1v) is 12.9. The number of carbonyl (C=O) groups excluding carboxylic acids is 2. The van der Waals surface area contributed by atoms with Gasteiger partial charge in [0.1, 0.15) is 12.6 Å². The highest BCUT2D eigenvalue weighted by atomic mass is 35.5. The molecule has 0 saturated carbocycles. The Morgan fingerprint density at radius 1 is 1.11 bits per heavy atom. The lowest BCUT2D eigenvalue weighted by molar-refractivity contribution is -0.139. The van der Waals surface area contributed by atoms with Crippen LogP contribution in [0.1, 0.15) is 31.4 Å². The predicted octanol–water partition coefficient (Wildman–Crippen LogP) is 4.07. The van der Waals surface area contributed by atoms with Crippen molar-refractivity contribution in [1.29, 1.82) is 0 Å². The van der Waals surface area contributed by atoms with E-state index in [-0.39, 0.29) is 12.2 Å². The molecule has 0 radical (unpaired) electrons. The topological polar surface area (TPSA) is 86.8 Å². The quantitative estimate of drug-likeness (QED) is 0.499. The Labute approximate surface area is 207 Å². The molecule has 192 valence electrons. The van der Waals surface area contributed by atoms with Crippen LogP contribution in [0, 0.1) is 0 Å². The Morgan fingerprint density at radius 2 is 1.77 bits per heavy atom. The van der Waals surface area contributed by atoms with Gasteiger partial charge in [0.25, 0.3) is 0 Å². The second-order valence-corrected chi connectivity index (χ2v) is 10.2. The molecule has 1 N–H and O–H groups in total. The summed E-state index contributed by atoms with van der Waals surface area (Å²) < 4.78 is 65.1. The van der Waals surface area contributed by atoms with Gasteiger partial charge in [0.2, 0.25) is 21.8 Å². The highest BCUT2D eigenvalue weighted by molar-refractivity contribution is 7.92. The highest BCUT2D eigenvalue weighted by Crippen LogP contribution is 2.32. The molecule has 2 rings (SSSR count). The average Bonchev–Trinajstić information content (AvgIpc) is 2.78. The van der Waals surface area contributed by atoms with Crippen molar-refractivity contribution in [3.05, 3.63) is 64.7 Å². The molecule has 2 aromatic rings. The van der Waals surface area contributed by atoms with Gasteiger partial charge in [-0.3, -0.25) is 13.9 Å². The number of hydrogen-bond acceptors (Lipinski definition) is 4. The predicted molar refractivity (Wildman–Crippen MR) is 128 cm³/mol. The minimum Gasteiger partial charge on any atom is -0.354 e. The zero-order valence-corrected chi connectivity index (χ0v) is 21.0. The smallest absolute Gasteiger partial charge is 0.354 e. The van der Waals surface area contributed by atoms with E-state index in [1.807, 2.05) is 6.92 Å². The number of alkyl halides is 3. The summed E-state index contributed by atoms with van der Waals surface area (Å²) in [6, 6.07) is 9.31. The molecule has 12 heteroatoms. The normalized spacial score (nSPS) is 12.7. The lowest BCUT2D eigenvalue weighted by atomic mass is 10.1. The lowest BCUT2D eigenvalue weighted by Gasteiger charge is -2.31. The number of halogens is 4. The first-order valence-electron chi connectivity index (χ1n) is 10.7. The second-order valence-electron chi connectivity index (χ2n) is 7.90. The number of hydrogen-bond donors (Lipinski definition) is 1. The number of benzene rings is 2. The van der Waals surface area contributed by atoms with Gasteiger partial charge >= 0.3 is 6.18 Å². The number of sulfonamides is 1. The molecule has 0 aliphatic heterocycles. The van der Waals surface area contributed by atoms with Crippen LogP contribution in [-0.4, -0.2) is 50.5 Å². The number of rotatable bonds is 10. The van der Waals surface area contributed by atoms with Crippen LogP contribution in [0.5, 0.6) is 0 Å². The average molecular weight is 534 g/mol. The zero-order chi connectivity index (χ0) is 26.4. The first-order chi connectivity index (χ1) is 16.3. The van der Waals surface area contributed by atoms with Crippen LogP contribution in [0.4, 0.5) is 18.9 Å². The Kier molecular flexibility index (Phi) is 9.56. The van der Waals surface area contributed by atoms with Crippen LogP contribution in [0.25, 0.3) is 0 Å². The van der Waals surface area contributed by atoms with Crippen molar-refractivity contribution < 1.29 is 31.2 Å². The monoisotopic (exact) mass is 533 g/mol. The van der Waals surface area contributed by atoms with Gasteiger partial charge in [0.15, 0.2) is 0 Å². The van der Waals surface area contributed by atoms with Gasteiger partial charge < -0.3 is 10.2 Å². The fourth-order valence-corrected chi connectivity index (χ4v) is 4.28. The molecule has 0 saturated heterocycles. The summed E-state index contributed by atoms with van der Waals surface area (Å²) in [4.78, 5) is 27.2. The number of nitrogens with zero attached hydrogens (tertiary/aromatic N) is 2. The summed E-state index contributed by atoms with van der Waals surface area (Å²) in [7, 11) is -4.16. The molecular weight excluding hydrogens is 507 g/mol. The summed E-state index contributed by atoms with van der Waals surface area (Å²) in [6.07, 6.45) is -3.25. The van der Waals surface area contributed by atoms with Crippen LogP contribution >= 0.6 is 11.6 Å². The molecule has 35 heavy (non-hydrogen) atoms. The van der Waals surface area contributed by atoms with Crippen molar-refractivity contribution >= 4 is 39.1 Å². The zero-order valence-electron chi connectivity index (χ0n) is 19.5. The minimum atomic E-state index is -4.70. The second kappa shape index (κ2) is 11.8. The molecule has 0 spiro atoms. The van der Waals surface area contributed by atoms with Crippen LogP contribution < -0.4 is 9.62 Å². The van der Waals surface area contributed by atoms with Crippen LogP contribution in [0.15, 0.2) is 48.5 Å².